The second-order valence-corrected chi connectivity index (χ2v) is 13.3. The zero-order chi connectivity index (χ0) is 30.1. The molecule has 2 heterocycles. The lowest BCUT2D eigenvalue weighted by Crippen LogP contribution is -2.57. The number of aliphatic hydroxyl groups is 1. The summed E-state index contributed by atoms with van der Waals surface area (Å²) in [6, 6.07) is 17.0. The molecule has 236 valence electrons. The van der Waals surface area contributed by atoms with Gasteiger partial charge in [-0.05, 0) is 74.4 Å². The Kier molecular flexibility index (Phi) is 11.5. The Balaban J connectivity index is 1.25. The molecule has 3 aliphatic rings. The first-order chi connectivity index (χ1) is 21.0. The number of rotatable bonds is 12. The molecule has 1 spiro atoms. The number of unbranched alkanes of at least 4 members (excludes halogenated alkanes) is 1. The standard InChI is InChI=1S/C36H53FN4O2/c1-2-3-22-39(26-31-14-10-7-11-15-31)27-34(42)28-40-29-41(33-18-16-32(37)17-19-33)36(35(40)43)20-23-38(24-21-36)25-30-12-8-5-4-6-9-13-30/h7,10-11,14-19,30,34,42H,2-6,8-9,12-13,20-29H2,1H3. The van der Waals surface area contributed by atoms with Crippen molar-refractivity contribution in [1.82, 2.24) is 14.7 Å². The zero-order valence-electron chi connectivity index (χ0n) is 26.3. The summed E-state index contributed by atoms with van der Waals surface area (Å²) in [5.41, 5.74) is 1.48. The van der Waals surface area contributed by atoms with Crippen LogP contribution >= 0.6 is 0 Å². The fourth-order valence-corrected chi connectivity index (χ4v) is 7.62. The van der Waals surface area contributed by atoms with Gasteiger partial charge in [0.1, 0.15) is 11.4 Å². The van der Waals surface area contributed by atoms with E-state index in [1.165, 1.54) is 62.6 Å². The van der Waals surface area contributed by atoms with Gasteiger partial charge in [-0.25, -0.2) is 4.39 Å². The third-order valence-corrected chi connectivity index (χ3v) is 10.1. The third kappa shape index (κ3) is 8.37. The number of aliphatic hydroxyl groups excluding tert-OH is 1. The predicted molar refractivity (Wildman–Crippen MR) is 172 cm³/mol. The highest BCUT2D eigenvalue weighted by Crippen LogP contribution is 2.40. The molecule has 3 fully saturated rings. The van der Waals surface area contributed by atoms with Crippen molar-refractivity contribution in [2.45, 2.75) is 95.7 Å². The van der Waals surface area contributed by atoms with Crippen molar-refractivity contribution in [1.29, 1.82) is 0 Å². The van der Waals surface area contributed by atoms with Crippen molar-refractivity contribution in [3.63, 3.8) is 0 Å². The maximum Gasteiger partial charge on any atom is 0.250 e. The first-order valence-electron chi connectivity index (χ1n) is 17.0. The van der Waals surface area contributed by atoms with Crippen LogP contribution in [0.15, 0.2) is 54.6 Å². The summed E-state index contributed by atoms with van der Waals surface area (Å²) in [6.45, 7) is 8.09. The van der Waals surface area contributed by atoms with E-state index in [0.29, 0.717) is 19.8 Å². The van der Waals surface area contributed by atoms with E-state index >= 15 is 0 Å². The van der Waals surface area contributed by atoms with Crippen LogP contribution in [0.25, 0.3) is 0 Å². The highest BCUT2D eigenvalue weighted by molar-refractivity contribution is 5.93. The molecule has 0 bridgehead atoms. The number of anilines is 1. The highest BCUT2D eigenvalue weighted by Gasteiger charge is 2.54. The molecule has 43 heavy (non-hydrogen) atoms. The first-order valence-corrected chi connectivity index (χ1v) is 17.0. The number of piperidine rings is 1. The molecule has 1 aliphatic carbocycles. The van der Waals surface area contributed by atoms with Gasteiger partial charge in [0.2, 0.25) is 5.91 Å². The third-order valence-electron chi connectivity index (χ3n) is 10.1. The lowest BCUT2D eigenvalue weighted by Gasteiger charge is -2.44. The molecule has 1 saturated carbocycles. The molecule has 0 aromatic heterocycles. The molecule has 5 rings (SSSR count). The van der Waals surface area contributed by atoms with Gasteiger partial charge in [-0.15, -0.1) is 0 Å². The number of hydrogen-bond acceptors (Lipinski definition) is 5. The fourth-order valence-electron chi connectivity index (χ4n) is 7.62. The van der Waals surface area contributed by atoms with Gasteiger partial charge in [-0.3, -0.25) is 9.69 Å². The van der Waals surface area contributed by atoms with E-state index in [4.69, 9.17) is 0 Å². The van der Waals surface area contributed by atoms with Crippen LogP contribution in [0.3, 0.4) is 0 Å². The average Bonchev–Trinajstić information content (AvgIpc) is 3.25. The van der Waals surface area contributed by atoms with Crippen molar-refractivity contribution in [2.75, 3.05) is 50.8 Å². The van der Waals surface area contributed by atoms with Gasteiger partial charge in [0.15, 0.2) is 0 Å². The van der Waals surface area contributed by atoms with Gasteiger partial charge in [-0.2, -0.15) is 0 Å². The maximum absolute atomic E-state index is 14.3. The Morgan fingerprint density at radius 3 is 2.33 bits per heavy atom. The minimum Gasteiger partial charge on any atom is -0.390 e. The second kappa shape index (κ2) is 15.5. The topological polar surface area (TPSA) is 50.3 Å². The molecular formula is C36H53FN4O2. The van der Waals surface area contributed by atoms with Gasteiger partial charge in [0.05, 0.1) is 12.8 Å². The quantitative estimate of drug-likeness (QED) is 0.314. The smallest absolute Gasteiger partial charge is 0.250 e. The Bertz CT molecular complexity index is 1110. The van der Waals surface area contributed by atoms with Crippen molar-refractivity contribution in [3.8, 4) is 0 Å². The number of carbonyl (C=O) groups excluding carboxylic acids is 1. The summed E-state index contributed by atoms with van der Waals surface area (Å²) in [4.78, 5) is 23.2. The van der Waals surface area contributed by atoms with Gasteiger partial charge >= 0.3 is 0 Å². The number of hydrogen-bond donors (Lipinski definition) is 1. The lowest BCUT2D eigenvalue weighted by atomic mass is 9.84. The summed E-state index contributed by atoms with van der Waals surface area (Å²) in [7, 11) is 0. The molecule has 7 heteroatoms. The molecule has 6 nitrogen and oxygen atoms in total. The van der Waals surface area contributed by atoms with E-state index in [2.05, 4.69) is 45.9 Å². The van der Waals surface area contributed by atoms with Crippen LogP contribution in [0.1, 0.15) is 83.1 Å². The Labute approximate surface area is 258 Å². The van der Waals surface area contributed by atoms with Crippen molar-refractivity contribution in [2.24, 2.45) is 5.92 Å². The van der Waals surface area contributed by atoms with E-state index in [1.54, 1.807) is 12.1 Å². The predicted octanol–water partition coefficient (Wildman–Crippen LogP) is 6.29. The van der Waals surface area contributed by atoms with Crippen LogP contribution in [0.2, 0.25) is 0 Å². The Morgan fingerprint density at radius 2 is 1.65 bits per heavy atom. The van der Waals surface area contributed by atoms with Crippen LogP contribution in [0.4, 0.5) is 10.1 Å². The molecular weight excluding hydrogens is 539 g/mol. The Hall–Kier alpha value is -2.48. The molecule has 1 unspecified atom stereocenters. The Morgan fingerprint density at radius 1 is 0.977 bits per heavy atom. The lowest BCUT2D eigenvalue weighted by molar-refractivity contribution is -0.135. The van der Waals surface area contributed by atoms with Gasteiger partial charge in [0.25, 0.3) is 0 Å². The first kappa shape index (κ1) is 31.9. The van der Waals surface area contributed by atoms with Crippen LogP contribution in [0, 0.1) is 11.7 Å². The zero-order valence-corrected chi connectivity index (χ0v) is 26.3. The maximum atomic E-state index is 14.3. The fraction of sp³-hybridized carbons (Fsp3) is 0.639. The van der Waals surface area contributed by atoms with Crippen molar-refractivity contribution in [3.05, 3.63) is 66.0 Å². The van der Waals surface area contributed by atoms with Crippen LogP contribution in [-0.4, -0.2) is 83.3 Å². The van der Waals surface area contributed by atoms with Crippen LogP contribution < -0.4 is 4.90 Å². The summed E-state index contributed by atoms with van der Waals surface area (Å²) in [5, 5.41) is 11.3. The summed E-state index contributed by atoms with van der Waals surface area (Å²) in [6.07, 6.45) is 12.5. The van der Waals surface area contributed by atoms with Gasteiger partial charge in [-0.1, -0.05) is 75.8 Å². The normalized spacial score (nSPS) is 21.0. The van der Waals surface area contributed by atoms with Gasteiger partial charge < -0.3 is 19.8 Å². The molecule has 2 aromatic rings. The van der Waals surface area contributed by atoms with Crippen LogP contribution in [0.5, 0.6) is 0 Å². The number of nitrogens with zero attached hydrogens (tertiary/aromatic N) is 4. The van der Waals surface area contributed by atoms with E-state index in [1.807, 2.05) is 11.0 Å². The summed E-state index contributed by atoms with van der Waals surface area (Å²) >= 11 is 0. The number of halogens is 1. The molecule has 1 atom stereocenters. The summed E-state index contributed by atoms with van der Waals surface area (Å²) in [5.74, 6) is 0.611. The minimum atomic E-state index is -0.644. The SMILES string of the molecule is CCCCN(Cc1ccccc1)CC(O)CN1CN(c2ccc(F)cc2)C2(CCN(CC3CCCCCCC3)CC2)C1=O. The number of benzene rings is 2. The number of carbonyl (C=O) groups is 1. The molecule has 2 aromatic carbocycles. The van der Waals surface area contributed by atoms with Crippen LogP contribution in [-0.2, 0) is 11.3 Å². The highest BCUT2D eigenvalue weighted by atomic mass is 19.1. The van der Waals surface area contributed by atoms with E-state index in [0.717, 1.165) is 70.0 Å². The largest absolute Gasteiger partial charge is 0.390 e. The molecule has 1 N–H and O–H groups in total. The molecule has 2 aliphatic heterocycles. The number of β-amino-alcohol motifs (C(OH)–C–C–N with tert-alkyl or cyclic N) is 1. The van der Waals surface area contributed by atoms with Crippen molar-refractivity contribution < 1.29 is 14.3 Å². The van der Waals surface area contributed by atoms with Gasteiger partial charge in [0, 0.05) is 45.0 Å². The average molecular weight is 593 g/mol. The number of amides is 1. The summed E-state index contributed by atoms with van der Waals surface area (Å²) < 4.78 is 13.9. The number of likely N-dealkylation sites (tertiary alicyclic amines) is 1. The van der Waals surface area contributed by atoms with E-state index in [9.17, 15) is 14.3 Å². The second-order valence-electron chi connectivity index (χ2n) is 13.3. The van der Waals surface area contributed by atoms with E-state index in [-0.39, 0.29) is 11.7 Å². The monoisotopic (exact) mass is 592 g/mol. The van der Waals surface area contributed by atoms with E-state index < -0.39 is 11.6 Å². The minimum absolute atomic E-state index is 0.115. The molecule has 0 radical (unpaired) electrons. The van der Waals surface area contributed by atoms with Crippen molar-refractivity contribution >= 4 is 11.6 Å². The molecule has 1 amide bonds. The molecule has 2 saturated heterocycles.